The average molecular weight is 814 g/mol. The van der Waals surface area contributed by atoms with Crippen molar-refractivity contribution in [2.24, 2.45) is 5.92 Å². The number of nitrogens with one attached hydrogen (secondary N) is 1. The molecule has 0 spiro atoms. The topological polar surface area (TPSA) is 121 Å². The summed E-state index contributed by atoms with van der Waals surface area (Å²) < 4.78 is 72.9. The summed E-state index contributed by atoms with van der Waals surface area (Å²) in [5.41, 5.74) is 1.67. The summed E-state index contributed by atoms with van der Waals surface area (Å²) in [6, 6.07) is 11.6. The number of imide groups is 2. The number of anilines is 1. The molecule has 9 rings (SSSR count). The summed E-state index contributed by atoms with van der Waals surface area (Å²) in [5.74, 6) is -1.69. The Hall–Kier alpha value is -5.77. The minimum absolute atomic E-state index is 0.0602. The predicted octanol–water partition coefficient (Wildman–Crippen LogP) is 7.55. The Bertz CT molecular complexity index is 2510. The number of alkyl halides is 5. The Labute approximate surface area is 335 Å². The van der Waals surface area contributed by atoms with Gasteiger partial charge in [0, 0.05) is 54.4 Å². The van der Waals surface area contributed by atoms with E-state index in [-0.39, 0.29) is 52.3 Å². The average Bonchev–Trinajstić information content (AvgIpc) is 3.69. The van der Waals surface area contributed by atoms with E-state index in [1.807, 2.05) is 6.07 Å². The SMILES string of the molecule is O=C1CCC(N2C(=O)c3ccc(C4CCN(CCC5CCN(c6ncc(-c7ccc8c9cnccc9n(C(F)F)c8c7)cc6C(F)(F)F)CC5)CC4)cc3C2=O)C(=O)N1. The van der Waals surface area contributed by atoms with Crippen molar-refractivity contribution in [2.75, 3.05) is 37.6 Å². The Balaban J connectivity index is 0.804. The molecule has 306 valence electrons. The summed E-state index contributed by atoms with van der Waals surface area (Å²) >= 11 is 0. The molecule has 3 aromatic heterocycles. The molecule has 3 fully saturated rings. The predicted molar refractivity (Wildman–Crippen MR) is 208 cm³/mol. The highest BCUT2D eigenvalue weighted by Crippen LogP contribution is 2.41. The van der Waals surface area contributed by atoms with Crippen molar-refractivity contribution < 1.29 is 41.1 Å². The number of carbonyl (C=O) groups is 4. The van der Waals surface area contributed by atoms with E-state index in [1.165, 1.54) is 30.7 Å². The van der Waals surface area contributed by atoms with Crippen LogP contribution in [0.3, 0.4) is 0 Å². The number of pyridine rings is 2. The number of likely N-dealkylation sites (tertiary alicyclic amines) is 1. The van der Waals surface area contributed by atoms with Crippen molar-refractivity contribution in [3.05, 3.63) is 89.4 Å². The number of fused-ring (bicyclic) bond motifs is 4. The number of hydrogen-bond donors (Lipinski definition) is 1. The maximum absolute atomic E-state index is 14.6. The number of carbonyl (C=O) groups excluding carboxylic acids is 4. The van der Waals surface area contributed by atoms with Crippen LogP contribution in [0, 0.1) is 5.92 Å². The van der Waals surface area contributed by atoms with Gasteiger partial charge in [0.1, 0.15) is 11.9 Å². The van der Waals surface area contributed by atoms with Crippen molar-refractivity contribution in [1.29, 1.82) is 0 Å². The van der Waals surface area contributed by atoms with Crippen molar-refractivity contribution in [3.63, 3.8) is 0 Å². The van der Waals surface area contributed by atoms with Gasteiger partial charge in [-0.2, -0.15) is 22.0 Å². The van der Waals surface area contributed by atoms with Crippen molar-refractivity contribution >= 4 is 51.3 Å². The highest BCUT2D eigenvalue weighted by molar-refractivity contribution is 6.23. The fraction of sp³-hybridized carbons (Fsp3) is 0.395. The molecule has 7 heterocycles. The van der Waals surface area contributed by atoms with Crippen molar-refractivity contribution in [3.8, 4) is 11.1 Å². The molecule has 1 unspecified atom stereocenters. The van der Waals surface area contributed by atoms with Crippen LogP contribution in [0.4, 0.5) is 27.8 Å². The van der Waals surface area contributed by atoms with Gasteiger partial charge < -0.3 is 9.80 Å². The van der Waals surface area contributed by atoms with Crippen LogP contribution in [0.1, 0.15) is 89.3 Å². The number of aromatic nitrogens is 3. The Kier molecular flexibility index (Phi) is 9.92. The second kappa shape index (κ2) is 15.1. The van der Waals surface area contributed by atoms with Gasteiger partial charge in [0.05, 0.1) is 27.7 Å². The number of benzene rings is 2. The molecule has 0 bridgehead atoms. The molecule has 5 aromatic rings. The molecular weight excluding hydrogens is 774 g/mol. The molecule has 4 aliphatic heterocycles. The highest BCUT2D eigenvalue weighted by atomic mass is 19.4. The van der Waals surface area contributed by atoms with E-state index in [0.29, 0.717) is 35.3 Å². The third kappa shape index (κ3) is 7.10. The summed E-state index contributed by atoms with van der Waals surface area (Å²) in [6.45, 7) is 0.546. The van der Waals surface area contributed by atoms with Crippen LogP contribution in [0.2, 0.25) is 0 Å². The van der Waals surface area contributed by atoms with Gasteiger partial charge in [-0.1, -0.05) is 18.2 Å². The molecule has 1 atom stereocenters. The zero-order chi connectivity index (χ0) is 41.2. The van der Waals surface area contributed by atoms with Crippen LogP contribution in [-0.2, 0) is 15.8 Å². The van der Waals surface area contributed by atoms with Gasteiger partial charge >= 0.3 is 12.7 Å². The van der Waals surface area contributed by atoms with Crippen LogP contribution >= 0.6 is 0 Å². The standard InChI is InChI=1S/C43H40F5N7O4/c44-42(45)54-34-7-13-49-23-32(34)29-3-1-27(21-36(29)54)28-20-33(43(46,47)48)38(50-22-28)53-17-9-24(10-18-53)8-14-52-15-11-25(12-16-52)26-2-4-30-31(19-26)41(59)55(40(30)58)35-5-6-37(56)51-39(35)57/h1-4,7,13,19-25,35,42H,5-6,8-12,14-18H2,(H,51,56,57). The van der Waals surface area contributed by atoms with Gasteiger partial charge in [-0.3, -0.25) is 38.9 Å². The fourth-order valence-corrected chi connectivity index (χ4v) is 9.39. The first kappa shape index (κ1) is 38.7. The molecule has 0 radical (unpaired) electrons. The number of rotatable bonds is 8. The maximum Gasteiger partial charge on any atom is 0.419 e. The summed E-state index contributed by atoms with van der Waals surface area (Å²) in [7, 11) is 0. The minimum atomic E-state index is -4.68. The lowest BCUT2D eigenvalue weighted by atomic mass is 9.87. The quantitative estimate of drug-likeness (QED) is 0.126. The lowest BCUT2D eigenvalue weighted by Crippen LogP contribution is -2.54. The van der Waals surface area contributed by atoms with Gasteiger partial charge in [-0.05, 0) is 111 Å². The van der Waals surface area contributed by atoms with E-state index >= 15 is 0 Å². The third-order valence-electron chi connectivity index (χ3n) is 12.6. The zero-order valence-corrected chi connectivity index (χ0v) is 31.9. The number of halogens is 5. The number of piperidine rings is 3. The normalized spacial score (nSPS) is 20.1. The van der Waals surface area contributed by atoms with Gasteiger partial charge in [0.15, 0.2) is 0 Å². The Morgan fingerprint density at radius 3 is 2.27 bits per heavy atom. The molecular formula is C43H40F5N7O4. The van der Waals surface area contributed by atoms with E-state index in [2.05, 4.69) is 20.2 Å². The molecule has 11 nitrogen and oxygen atoms in total. The van der Waals surface area contributed by atoms with E-state index in [9.17, 15) is 41.1 Å². The first-order valence-corrected chi connectivity index (χ1v) is 19.9. The molecule has 59 heavy (non-hydrogen) atoms. The lowest BCUT2D eigenvalue weighted by Gasteiger charge is -2.36. The number of nitrogens with zero attached hydrogens (tertiary/aromatic N) is 6. The Morgan fingerprint density at radius 1 is 0.780 bits per heavy atom. The minimum Gasteiger partial charge on any atom is -0.356 e. The van der Waals surface area contributed by atoms with E-state index in [1.54, 1.807) is 29.2 Å². The van der Waals surface area contributed by atoms with E-state index in [4.69, 9.17) is 0 Å². The molecule has 2 aromatic carbocycles. The maximum atomic E-state index is 14.6. The van der Waals surface area contributed by atoms with Crippen LogP contribution in [-0.4, -0.2) is 86.7 Å². The lowest BCUT2D eigenvalue weighted by molar-refractivity contribution is -0.138. The monoisotopic (exact) mass is 813 g/mol. The first-order valence-electron chi connectivity index (χ1n) is 19.9. The molecule has 1 N–H and O–H groups in total. The van der Waals surface area contributed by atoms with Gasteiger partial charge in [-0.15, -0.1) is 0 Å². The zero-order valence-electron chi connectivity index (χ0n) is 31.9. The van der Waals surface area contributed by atoms with Gasteiger partial charge in [-0.25, -0.2) is 4.98 Å². The van der Waals surface area contributed by atoms with Gasteiger partial charge in [0.25, 0.3) is 11.8 Å². The van der Waals surface area contributed by atoms with Crippen molar-refractivity contribution in [2.45, 2.75) is 69.6 Å². The second-order valence-electron chi connectivity index (χ2n) is 16.0. The highest BCUT2D eigenvalue weighted by Gasteiger charge is 2.45. The largest absolute Gasteiger partial charge is 0.419 e. The molecule has 3 saturated heterocycles. The molecule has 16 heteroatoms. The first-order chi connectivity index (χ1) is 28.4. The molecule has 0 aliphatic carbocycles. The molecule has 0 saturated carbocycles. The van der Waals surface area contributed by atoms with Crippen LogP contribution in [0.25, 0.3) is 32.9 Å². The van der Waals surface area contributed by atoms with Crippen molar-refractivity contribution in [1.82, 2.24) is 29.7 Å². The second-order valence-corrected chi connectivity index (χ2v) is 16.0. The van der Waals surface area contributed by atoms with Crippen LogP contribution in [0.5, 0.6) is 0 Å². The van der Waals surface area contributed by atoms with Gasteiger partial charge in [0.2, 0.25) is 11.8 Å². The van der Waals surface area contributed by atoms with Crippen LogP contribution < -0.4 is 10.2 Å². The summed E-state index contributed by atoms with van der Waals surface area (Å²) in [5, 5.41) is 3.27. The third-order valence-corrected chi connectivity index (χ3v) is 12.6. The number of hydrogen-bond acceptors (Lipinski definition) is 8. The smallest absolute Gasteiger partial charge is 0.356 e. The summed E-state index contributed by atoms with van der Waals surface area (Å²) in [6.07, 6.45) is 3.86. The number of amides is 4. The summed E-state index contributed by atoms with van der Waals surface area (Å²) in [4.78, 5) is 63.9. The molecule has 4 aliphatic rings. The van der Waals surface area contributed by atoms with E-state index in [0.717, 1.165) is 72.8 Å². The van der Waals surface area contributed by atoms with E-state index < -0.39 is 48.0 Å². The Morgan fingerprint density at radius 2 is 1.54 bits per heavy atom. The fourth-order valence-electron chi connectivity index (χ4n) is 9.39. The molecule has 4 amide bonds. The van der Waals surface area contributed by atoms with Crippen LogP contribution in [0.15, 0.2) is 67.1 Å².